The van der Waals surface area contributed by atoms with E-state index in [9.17, 15) is 9.90 Å². The molecular weight excluding hydrogens is 322 g/mol. The second kappa shape index (κ2) is 18.9. The Morgan fingerprint density at radius 1 is 0.846 bits per heavy atom. The maximum absolute atomic E-state index is 11.8. The van der Waals surface area contributed by atoms with Crippen molar-refractivity contribution < 1.29 is 9.90 Å². The summed E-state index contributed by atoms with van der Waals surface area (Å²) in [6.07, 6.45) is 21.8. The van der Waals surface area contributed by atoms with E-state index in [0.717, 1.165) is 12.8 Å². The van der Waals surface area contributed by atoms with Crippen LogP contribution >= 0.6 is 0 Å². The van der Waals surface area contributed by atoms with Gasteiger partial charge in [-0.1, -0.05) is 84.3 Å². The molecule has 0 aliphatic rings. The molecular formula is C23H45NO2. The van der Waals surface area contributed by atoms with E-state index in [1.165, 1.54) is 70.6 Å². The van der Waals surface area contributed by atoms with E-state index in [1.807, 2.05) is 13.8 Å². The Bertz CT molecular complexity index is 339. The van der Waals surface area contributed by atoms with Gasteiger partial charge in [0.15, 0.2) is 0 Å². The zero-order valence-corrected chi connectivity index (χ0v) is 17.8. The third-order valence-corrected chi connectivity index (χ3v) is 5.01. The van der Waals surface area contributed by atoms with Gasteiger partial charge in [0.1, 0.15) is 0 Å². The molecule has 0 unspecified atom stereocenters. The first kappa shape index (κ1) is 25.2. The van der Waals surface area contributed by atoms with Crippen molar-refractivity contribution in [1.82, 2.24) is 5.32 Å². The molecule has 0 aliphatic carbocycles. The number of carbonyl (C=O) groups is 1. The largest absolute Gasteiger partial charge is 0.394 e. The number of allylic oxidation sites excluding steroid dienone is 2. The molecule has 2 N–H and O–H groups in total. The molecule has 0 bridgehead atoms. The van der Waals surface area contributed by atoms with E-state index in [2.05, 4.69) is 24.4 Å². The molecule has 0 aliphatic heterocycles. The Labute approximate surface area is 163 Å². The minimum Gasteiger partial charge on any atom is -0.394 e. The summed E-state index contributed by atoms with van der Waals surface area (Å²) in [6, 6.07) is -0.106. The van der Waals surface area contributed by atoms with Gasteiger partial charge < -0.3 is 10.4 Å². The van der Waals surface area contributed by atoms with Gasteiger partial charge in [-0.3, -0.25) is 4.79 Å². The second-order valence-corrected chi connectivity index (χ2v) is 7.93. The maximum atomic E-state index is 11.8. The van der Waals surface area contributed by atoms with Crippen LogP contribution < -0.4 is 5.32 Å². The second-order valence-electron chi connectivity index (χ2n) is 7.93. The van der Waals surface area contributed by atoms with Crippen molar-refractivity contribution in [2.24, 2.45) is 5.92 Å². The van der Waals surface area contributed by atoms with Crippen LogP contribution in [0.25, 0.3) is 0 Å². The lowest BCUT2D eigenvalue weighted by Gasteiger charge is -2.19. The predicted molar refractivity (Wildman–Crippen MR) is 113 cm³/mol. The van der Waals surface area contributed by atoms with Crippen LogP contribution in [0.3, 0.4) is 0 Å². The Kier molecular flexibility index (Phi) is 18.3. The number of amides is 1. The highest BCUT2D eigenvalue weighted by Gasteiger charge is 2.14. The van der Waals surface area contributed by atoms with Crippen molar-refractivity contribution in [2.45, 2.75) is 117 Å². The number of nitrogens with one attached hydrogen (secondary N) is 1. The molecule has 0 radical (unpaired) electrons. The number of carbonyl (C=O) groups excluding carboxylic acids is 1. The first-order valence-corrected chi connectivity index (χ1v) is 11.2. The molecule has 0 aromatic carbocycles. The standard InChI is InChI=1S/C23H45NO2/c1-4-5-6-7-8-9-10-11-12-13-14-15-16-17-18-19-23(26)24-22(20-25)21(2)3/h11-12,21-22,25H,4-10,13-20H2,1-3H3,(H,24,26)/b12-11-/t22-/m1/s1. The molecule has 0 saturated heterocycles. The molecule has 0 aromatic rings. The lowest BCUT2D eigenvalue weighted by atomic mass is 10.0. The molecule has 3 heteroatoms. The Morgan fingerprint density at radius 2 is 1.35 bits per heavy atom. The molecule has 26 heavy (non-hydrogen) atoms. The summed E-state index contributed by atoms with van der Waals surface area (Å²) in [5, 5.41) is 12.1. The fourth-order valence-electron chi connectivity index (χ4n) is 3.06. The fraction of sp³-hybridized carbons (Fsp3) is 0.870. The summed E-state index contributed by atoms with van der Waals surface area (Å²) in [6.45, 7) is 6.32. The van der Waals surface area contributed by atoms with E-state index in [-0.39, 0.29) is 24.5 Å². The highest BCUT2D eigenvalue weighted by atomic mass is 16.3. The average molecular weight is 368 g/mol. The lowest BCUT2D eigenvalue weighted by Crippen LogP contribution is -2.41. The number of unbranched alkanes of at least 4 members (excludes halogenated alkanes) is 11. The zero-order chi connectivity index (χ0) is 19.5. The topological polar surface area (TPSA) is 49.3 Å². The number of hydrogen-bond acceptors (Lipinski definition) is 2. The van der Waals surface area contributed by atoms with Crippen LogP contribution in [0, 0.1) is 5.92 Å². The maximum Gasteiger partial charge on any atom is 0.220 e. The average Bonchev–Trinajstić information content (AvgIpc) is 2.62. The molecule has 0 saturated carbocycles. The van der Waals surface area contributed by atoms with Crippen molar-refractivity contribution in [3.05, 3.63) is 12.2 Å². The van der Waals surface area contributed by atoms with Gasteiger partial charge in [0.25, 0.3) is 0 Å². The summed E-state index contributed by atoms with van der Waals surface area (Å²) in [5.41, 5.74) is 0. The van der Waals surface area contributed by atoms with Gasteiger partial charge in [-0.2, -0.15) is 0 Å². The molecule has 0 rings (SSSR count). The summed E-state index contributed by atoms with van der Waals surface area (Å²) >= 11 is 0. The van der Waals surface area contributed by atoms with Gasteiger partial charge in [-0.15, -0.1) is 0 Å². The summed E-state index contributed by atoms with van der Waals surface area (Å²) in [5.74, 6) is 0.355. The van der Waals surface area contributed by atoms with E-state index in [1.54, 1.807) is 0 Å². The molecule has 3 nitrogen and oxygen atoms in total. The minimum absolute atomic E-state index is 0.0236. The van der Waals surface area contributed by atoms with Crippen molar-refractivity contribution in [3.8, 4) is 0 Å². The Hall–Kier alpha value is -0.830. The molecule has 0 aromatic heterocycles. The van der Waals surface area contributed by atoms with Crippen LogP contribution in [-0.2, 0) is 4.79 Å². The third-order valence-electron chi connectivity index (χ3n) is 5.01. The van der Waals surface area contributed by atoms with Crippen molar-refractivity contribution >= 4 is 5.91 Å². The van der Waals surface area contributed by atoms with E-state index in [0.29, 0.717) is 6.42 Å². The highest BCUT2D eigenvalue weighted by molar-refractivity contribution is 5.76. The summed E-state index contributed by atoms with van der Waals surface area (Å²) in [4.78, 5) is 11.8. The summed E-state index contributed by atoms with van der Waals surface area (Å²) < 4.78 is 0. The number of hydrogen-bond donors (Lipinski definition) is 2. The molecule has 0 spiro atoms. The Morgan fingerprint density at radius 3 is 1.85 bits per heavy atom. The van der Waals surface area contributed by atoms with Gasteiger partial charge in [0.2, 0.25) is 5.91 Å². The first-order chi connectivity index (χ1) is 12.6. The molecule has 1 atom stereocenters. The number of aliphatic hydroxyl groups is 1. The molecule has 154 valence electrons. The zero-order valence-electron chi connectivity index (χ0n) is 17.8. The SMILES string of the molecule is CCCCCCCC/C=C\CCCCCCCC(=O)N[C@H](CO)C(C)C. The fourth-order valence-corrected chi connectivity index (χ4v) is 3.06. The van der Waals surface area contributed by atoms with Gasteiger partial charge in [0.05, 0.1) is 12.6 Å². The lowest BCUT2D eigenvalue weighted by molar-refractivity contribution is -0.122. The Balaban J connectivity index is 3.35. The van der Waals surface area contributed by atoms with Gasteiger partial charge >= 0.3 is 0 Å². The molecule has 0 fully saturated rings. The van der Waals surface area contributed by atoms with Gasteiger partial charge in [0, 0.05) is 6.42 Å². The summed E-state index contributed by atoms with van der Waals surface area (Å²) in [7, 11) is 0. The van der Waals surface area contributed by atoms with Crippen molar-refractivity contribution in [2.75, 3.05) is 6.61 Å². The predicted octanol–water partition coefficient (Wildman–Crippen LogP) is 6.16. The third kappa shape index (κ3) is 16.6. The van der Waals surface area contributed by atoms with Gasteiger partial charge in [-0.05, 0) is 38.0 Å². The van der Waals surface area contributed by atoms with E-state index >= 15 is 0 Å². The molecule has 0 heterocycles. The normalized spacial score (nSPS) is 12.8. The van der Waals surface area contributed by atoms with Crippen LogP contribution in [0.4, 0.5) is 0 Å². The van der Waals surface area contributed by atoms with Crippen molar-refractivity contribution in [3.63, 3.8) is 0 Å². The monoisotopic (exact) mass is 367 g/mol. The van der Waals surface area contributed by atoms with E-state index < -0.39 is 0 Å². The minimum atomic E-state index is -0.106. The number of aliphatic hydroxyl groups excluding tert-OH is 1. The highest BCUT2D eigenvalue weighted by Crippen LogP contribution is 2.10. The first-order valence-electron chi connectivity index (χ1n) is 11.2. The van der Waals surface area contributed by atoms with Crippen LogP contribution in [0.15, 0.2) is 12.2 Å². The van der Waals surface area contributed by atoms with Crippen LogP contribution in [0.1, 0.15) is 111 Å². The molecule has 1 amide bonds. The van der Waals surface area contributed by atoms with Crippen molar-refractivity contribution in [1.29, 1.82) is 0 Å². The van der Waals surface area contributed by atoms with E-state index in [4.69, 9.17) is 0 Å². The van der Waals surface area contributed by atoms with Gasteiger partial charge in [-0.25, -0.2) is 0 Å². The smallest absolute Gasteiger partial charge is 0.220 e. The van der Waals surface area contributed by atoms with Crippen LogP contribution in [-0.4, -0.2) is 23.7 Å². The van der Waals surface area contributed by atoms with Crippen LogP contribution in [0.5, 0.6) is 0 Å². The quantitative estimate of drug-likeness (QED) is 0.225. The van der Waals surface area contributed by atoms with Crippen LogP contribution in [0.2, 0.25) is 0 Å². The number of rotatable bonds is 18.